The van der Waals surface area contributed by atoms with Crippen LogP contribution >= 0.6 is 0 Å². The highest BCUT2D eigenvalue weighted by molar-refractivity contribution is 6.07. The predicted octanol–water partition coefficient (Wildman–Crippen LogP) is 4.45. The van der Waals surface area contributed by atoms with Crippen molar-refractivity contribution in [2.45, 2.75) is 44.2 Å². The lowest BCUT2D eigenvalue weighted by atomic mass is 9.91. The van der Waals surface area contributed by atoms with Crippen LogP contribution in [0.1, 0.15) is 63.2 Å². The first kappa shape index (κ1) is 31.8. The Morgan fingerprint density at radius 1 is 0.778 bits per heavy atom. The summed E-state index contributed by atoms with van der Waals surface area (Å²) in [6.45, 7) is 2.09. The molecule has 45 heavy (non-hydrogen) atoms. The quantitative estimate of drug-likeness (QED) is 0.341. The molecule has 238 valence electrons. The largest absolute Gasteiger partial charge is 0.493 e. The molecule has 0 unspecified atom stereocenters. The van der Waals surface area contributed by atoms with Gasteiger partial charge in [0.05, 0.1) is 25.6 Å². The zero-order valence-electron chi connectivity index (χ0n) is 25.7. The van der Waals surface area contributed by atoms with Crippen molar-refractivity contribution < 1.29 is 28.2 Å². The summed E-state index contributed by atoms with van der Waals surface area (Å²) in [6, 6.07) is 16.0. The van der Waals surface area contributed by atoms with Gasteiger partial charge in [0.2, 0.25) is 0 Å². The van der Waals surface area contributed by atoms with Crippen LogP contribution in [0, 0.1) is 5.82 Å². The van der Waals surface area contributed by atoms with Crippen molar-refractivity contribution >= 4 is 29.1 Å². The minimum Gasteiger partial charge on any atom is -0.493 e. The normalized spacial score (nSPS) is 18.5. The number of halogens is 1. The number of methoxy groups -OCH3 is 2. The van der Waals surface area contributed by atoms with Crippen LogP contribution in [0.4, 0.5) is 15.8 Å². The van der Waals surface area contributed by atoms with Crippen LogP contribution in [0.5, 0.6) is 11.5 Å². The fraction of sp³-hybridized carbons (Fsp3) is 0.382. The third-order valence-electron chi connectivity index (χ3n) is 8.47. The average molecular weight is 618 g/mol. The molecule has 10 nitrogen and oxygen atoms in total. The lowest BCUT2D eigenvalue weighted by Crippen LogP contribution is -2.40. The molecule has 3 amide bonds. The molecule has 0 spiro atoms. The summed E-state index contributed by atoms with van der Waals surface area (Å²) in [4.78, 5) is 43.8. The van der Waals surface area contributed by atoms with Crippen LogP contribution in [0.3, 0.4) is 0 Å². The number of nitrogens with zero attached hydrogens (tertiary/aromatic N) is 2. The van der Waals surface area contributed by atoms with E-state index in [1.54, 1.807) is 35.2 Å². The van der Waals surface area contributed by atoms with E-state index in [9.17, 15) is 18.8 Å². The van der Waals surface area contributed by atoms with Crippen molar-refractivity contribution in [3.8, 4) is 11.5 Å². The Kier molecular flexibility index (Phi) is 10.2. The number of hydrogen-bond acceptors (Lipinski definition) is 7. The van der Waals surface area contributed by atoms with Gasteiger partial charge in [-0.15, -0.1) is 0 Å². The highest BCUT2D eigenvalue weighted by Gasteiger charge is 2.25. The second-order valence-electron chi connectivity index (χ2n) is 11.5. The molecule has 0 bridgehead atoms. The highest BCUT2D eigenvalue weighted by Crippen LogP contribution is 2.32. The monoisotopic (exact) mass is 617 g/mol. The zero-order chi connectivity index (χ0) is 31.9. The summed E-state index contributed by atoms with van der Waals surface area (Å²) in [5, 5.41) is 6.14. The molecule has 1 heterocycles. The van der Waals surface area contributed by atoms with E-state index in [1.165, 1.54) is 38.5 Å². The van der Waals surface area contributed by atoms with Crippen molar-refractivity contribution in [1.82, 2.24) is 10.2 Å². The minimum atomic E-state index is -0.392. The van der Waals surface area contributed by atoms with Crippen molar-refractivity contribution in [2.75, 3.05) is 50.6 Å². The standard InChI is InChI=1S/C34H40FN5O5/c1-44-30-15-7-24(21-31(30)45-2)33(42)38-28-20-23(32(41)37-27-12-10-26(36)11-13-27)6-14-29(28)39-16-3-17-40(19-18-39)34(43)22-4-8-25(35)9-5-22/h4-9,14-15,20-21,26-27H,3,10-13,16-19,36H2,1-2H3,(H,37,41)(H,38,42). The van der Waals surface area contributed by atoms with E-state index in [0.29, 0.717) is 66.5 Å². The van der Waals surface area contributed by atoms with Crippen molar-refractivity contribution in [1.29, 1.82) is 0 Å². The van der Waals surface area contributed by atoms with Crippen LogP contribution in [0.2, 0.25) is 0 Å². The lowest BCUT2D eigenvalue weighted by Gasteiger charge is -2.28. The number of ether oxygens (including phenoxy) is 2. The second kappa shape index (κ2) is 14.4. The molecule has 0 radical (unpaired) electrons. The van der Waals surface area contributed by atoms with Gasteiger partial charge in [0.1, 0.15) is 5.82 Å². The number of anilines is 2. The molecular formula is C34H40FN5O5. The van der Waals surface area contributed by atoms with Crippen molar-refractivity contribution in [2.24, 2.45) is 5.73 Å². The third kappa shape index (κ3) is 7.72. The molecule has 3 aromatic carbocycles. The van der Waals surface area contributed by atoms with Gasteiger partial charge in [-0.1, -0.05) is 0 Å². The van der Waals surface area contributed by atoms with Gasteiger partial charge in [0.15, 0.2) is 11.5 Å². The van der Waals surface area contributed by atoms with Crippen LogP contribution in [0.25, 0.3) is 0 Å². The van der Waals surface area contributed by atoms with Crippen LogP contribution in [-0.2, 0) is 0 Å². The molecule has 5 rings (SSSR count). The van der Waals surface area contributed by atoms with Gasteiger partial charge in [-0.25, -0.2) is 4.39 Å². The Balaban J connectivity index is 1.38. The maximum Gasteiger partial charge on any atom is 0.255 e. The molecular weight excluding hydrogens is 577 g/mol. The fourth-order valence-electron chi connectivity index (χ4n) is 5.89. The van der Waals surface area contributed by atoms with Crippen molar-refractivity contribution in [3.63, 3.8) is 0 Å². The van der Waals surface area contributed by atoms with Gasteiger partial charge in [-0.2, -0.15) is 0 Å². The summed E-state index contributed by atoms with van der Waals surface area (Å²) in [5.74, 6) is -0.217. The first-order chi connectivity index (χ1) is 21.7. The van der Waals surface area contributed by atoms with E-state index in [1.807, 2.05) is 6.07 Å². The van der Waals surface area contributed by atoms with E-state index < -0.39 is 5.82 Å². The molecule has 11 heteroatoms. The van der Waals surface area contributed by atoms with E-state index in [2.05, 4.69) is 15.5 Å². The fourth-order valence-corrected chi connectivity index (χ4v) is 5.89. The molecule has 1 saturated heterocycles. The molecule has 0 aromatic heterocycles. The second-order valence-corrected chi connectivity index (χ2v) is 11.5. The third-order valence-corrected chi connectivity index (χ3v) is 8.47. The molecule has 1 saturated carbocycles. The number of hydrogen-bond donors (Lipinski definition) is 3. The van der Waals surface area contributed by atoms with Gasteiger partial charge in [-0.05, 0) is 92.8 Å². The number of nitrogens with two attached hydrogens (primary N) is 1. The molecule has 3 aromatic rings. The van der Waals surface area contributed by atoms with Gasteiger partial charge in [0, 0.05) is 55.0 Å². The Morgan fingerprint density at radius 2 is 1.44 bits per heavy atom. The minimum absolute atomic E-state index is 0.0528. The SMILES string of the molecule is COc1ccc(C(=O)Nc2cc(C(=O)NC3CCC(N)CC3)ccc2N2CCCN(C(=O)c3ccc(F)cc3)CC2)cc1OC. The Bertz CT molecular complexity index is 1520. The lowest BCUT2D eigenvalue weighted by molar-refractivity contribution is 0.0766. The molecule has 2 aliphatic rings. The highest BCUT2D eigenvalue weighted by atomic mass is 19.1. The summed E-state index contributed by atoms with van der Waals surface area (Å²) < 4.78 is 24.1. The van der Waals surface area contributed by atoms with Gasteiger partial charge >= 0.3 is 0 Å². The van der Waals surface area contributed by atoms with Gasteiger partial charge in [0.25, 0.3) is 17.7 Å². The molecule has 0 atom stereocenters. The van der Waals surface area contributed by atoms with Crippen LogP contribution in [0.15, 0.2) is 60.7 Å². The number of carbonyl (C=O) groups excluding carboxylic acids is 3. The Morgan fingerprint density at radius 3 is 2.16 bits per heavy atom. The van der Waals surface area contributed by atoms with Gasteiger partial charge < -0.3 is 35.6 Å². The number of carbonyl (C=O) groups is 3. The van der Waals surface area contributed by atoms with E-state index in [-0.39, 0.29) is 29.8 Å². The maximum atomic E-state index is 13.5. The summed E-state index contributed by atoms with van der Waals surface area (Å²) >= 11 is 0. The van der Waals surface area contributed by atoms with Gasteiger partial charge in [-0.3, -0.25) is 14.4 Å². The first-order valence-electron chi connectivity index (χ1n) is 15.3. The molecule has 1 aliphatic heterocycles. The summed E-state index contributed by atoms with van der Waals surface area (Å²) in [7, 11) is 3.03. The molecule has 4 N–H and O–H groups in total. The molecule has 1 aliphatic carbocycles. The number of nitrogens with one attached hydrogen (secondary N) is 2. The number of benzene rings is 3. The number of amides is 3. The Labute approximate surface area is 262 Å². The van der Waals surface area contributed by atoms with Crippen LogP contribution < -0.4 is 30.7 Å². The summed E-state index contributed by atoms with van der Waals surface area (Å²) in [5.41, 5.74) is 8.48. The smallest absolute Gasteiger partial charge is 0.255 e. The van der Waals surface area contributed by atoms with Crippen LogP contribution in [-0.4, -0.2) is 75.1 Å². The zero-order valence-corrected chi connectivity index (χ0v) is 25.7. The number of rotatable bonds is 8. The topological polar surface area (TPSA) is 126 Å². The first-order valence-corrected chi connectivity index (χ1v) is 15.3. The molecule has 2 fully saturated rings. The van der Waals surface area contributed by atoms with E-state index in [0.717, 1.165) is 31.4 Å². The summed E-state index contributed by atoms with van der Waals surface area (Å²) in [6.07, 6.45) is 4.07. The van der Waals surface area contributed by atoms with Crippen molar-refractivity contribution in [3.05, 3.63) is 83.2 Å². The average Bonchev–Trinajstić information content (AvgIpc) is 3.32. The Hall–Kier alpha value is -4.64. The van der Waals surface area contributed by atoms with E-state index in [4.69, 9.17) is 15.2 Å². The van der Waals surface area contributed by atoms with E-state index >= 15 is 0 Å². The predicted molar refractivity (Wildman–Crippen MR) is 171 cm³/mol. The maximum absolute atomic E-state index is 13.5.